The molecule has 15 heteroatoms. The minimum Gasteiger partial charge on any atom is -0.460 e. The molecule has 16 atom stereocenters. The molecule has 0 aromatic rings. The Kier molecular flexibility index (Phi) is 20.6. The number of carbonyl (C=O) groups excluding carboxylic acids is 5. The lowest BCUT2D eigenvalue weighted by Gasteiger charge is -2.42. The van der Waals surface area contributed by atoms with Crippen LogP contribution in [-0.2, 0) is 52.4 Å². The van der Waals surface area contributed by atoms with Crippen molar-refractivity contribution in [2.45, 2.75) is 181 Å². The summed E-state index contributed by atoms with van der Waals surface area (Å²) in [5.74, 6) is -14.6. The summed E-state index contributed by atoms with van der Waals surface area (Å²) in [4.78, 5) is 72.8. The molecular formula is C54H85NO14. The molecule has 390 valence electrons. The van der Waals surface area contributed by atoms with E-state index in [0.29, 0.717) is 37.7 Å². The number of piperidine rings is 1. The van der Waals surface area contributed by atoms with Gasteiger partial charge in [-0.25, -0.2) is 4.79 Å². The van der Waals surface area contributed by atoms with Crippen LogP contribution in [0.5, 0.6) is 0 Å². The van der Waals surface area contributed by atoms with Crippen molar-refractivity contribution in [1.82, 2.24) is 4.90 Å². The van der Waals surface area contributed by atoms with Crippen LogP contribution in [0.2, 0.25) is 0 Å². The van der Waals surface area contributed by atoms with Crippen LogP contribution in [0, 0.1) is 41.4 Å². The predicted octanol–water partition coefficient (Wildman–Crippen LogP) is 6.44. The molecule has 0 radical (unpaired) electrons. The molecule has 69 heavy (non-hydrogen) atoms. The second kappa shape index (κ2) is 27.4. The van der Waals surface area contributed by atoms with Gasteiger partial charge in [0.05, 0.1) is 37.6 Å². The lowest BCUT2D eigenvalue weighted by molar-refractivity contribution is -0.265. The standard InChI is InChI=1S/C54H85NO14/c1-32-17-13-12-14-18-33(2)45(64-9)30-41-22-20-37(6)54(63,69-41)51(60)52(61)55-24-16-15-19-42(55)53(62)68-46(35(4)28-40-21-23-44(67-26-25-56)47(29-40)65-10)31-43(57)34(3)27-36(5)48(58)50(66-11)49(59)39(8)38(32)7/h12-14,17-18,27,32,34-35,37-42,44-48,50,56,58,63H,15-16,19-26,28-31H2,1-11H3/b14-12+,17-13+,33-18+,36-27+/t32-,34-,35-,37-,38?,39-,40+,41+,42+,44-,45+,46+,47-,48-,50-,54-/m1/s1/i20D2,32D,38D. The highest BCUT2D eigenvalue weighted by Crippen LogP contribution is 2.38. The molecule has 0 aromatic heterocycles. The number of nitrogens with zero attached hydrogens (tertiary/aromatic N) is 1. The van der Waals surface area contributed by atoms with Crippen molar-refractivity contribution in [2.24, 2.45) is 41.4 Å². The zero-order valence-electron chi connectivity index (χ0n) is 46.9. The fourth-order valence-corrected chi connectivity index (χ4v) is 10.1. The molecule has 3 aliphatic heterocycles. The lowest BCUT2D eigenvalue weighted by Crippen LogP contribution is -2.61. The third-order valence-electron chi connectivity index (χ3n) is 14.9. The maximum Gasteiger partial charge on any atom is 0.329 e. The number of ether oxygens (including phenoxy) is 6. The Morgan fingerprint density at radius 2 is 1.64 bits per heavy atom. The van der Waals surface area contributed by atoms with Crippen molar-refractivity contribution in [3.8, 4) is 0 Å². The number of rotatable bonds is 9. The van der Waals surface area contributed by atoms with Crippen molar-refractivity contribution >= 4 is 29.2 Å². The second-order valence-electron chi connectivity index (χ2n) is 19.8. The molecule has 0 spiro atoms. The van der Waals surface area contributed by atoms with E-state index in [2.05, 4.69) is 0 Å². The second-order valence-corrected chi connectivity index (χ2v) is 19.8. The fraction of sp³-hybridized carbons (Fsp3) is 0.759. The van der Waals surface area contributed by atoms with Crippen molar-refractivity contribution in [3.05, 3.63) is 47.6 Å². The Morgan fingerprint density at radius 3 is 2.30 bits per heavy atom. The van der Waals surface area contributed by atoms with E-state index in [1.165, 1.54) is 54.1 Å². The number of carbonyl (C=O) groups is 5. The van der Waals surface area contributed by atoms with Gasteiger partial charge >= 0.3 is 5.97 Å². The highest BCUT2D eigenvalue weighted by Gasteiger charge is 2.53. The average Bonchev–Trinajstić information content (AvgIpc) is 3.34. The molecule has 1 saturated carbocycles. The zero-order valence-corrected chi connectivity index (χ0v) is 42.9. The highest BCUT2D eigenvalue weighted by atomic mass is 16.6. The summed E-state index contributed by atoms with van der Waals surface area (Å²) in [5.41, 5.74) is 0.901. The quantitative estimate of drug-likeness (QED) is 0.129. The monoisotopic (exact) mass is 976 g/mol. The molecule has 2 bridgehead atoms. The lowest BCUT2D eigenvalue weighted by atomic mass is 9.78. The van der Waals surface area contributed by atoms with Gasteiger partial charge in [-0.15, -0.1) is 0 Å². The van der Waals surface area contributed by atoms with Crippen molar-refractivity contribution < 1.29 is 73.2 Å². The van der Waals surface area contributed by atoms with E-state index in [-0.39, 0.29) is 74.9 Å². The number of cyclic esters (lactones) is 1. The SMILES string of the molecule is [2H]C1([2H])C[C@H]2C[C@H](OC)/C(C)=C/C=C/C=C/[C@@]([2H])(C)C([2H])(C)[C@@H](C)C(=O)[C@H](OC)[C@H](O)/C(C)=C/[C@@H](C)C(=O)C[C@@H]([C@H](C)C[C@@H]3CC[C@@H](OCCO)[C@H](OC)C3)OC(=O)[C@@H]3CCCCN3C(=O)C(=O)[C@](O)(O2)[C@@H]1C. The van der Waals surface area contributed by atoms with Crippen LogP contribution in [0.25, 0.3) is 0 Å². The van der Waals surface area contributed by atoms with Crippen LogP contribution in [0.15, 0.2) is 47.6 Å². The first-order valence-electron chi connectivity index (χ1n) is 26.8. The van der Waals surface area contributed by atoms with Crippen LogP contribution in [-0.4, -0.2) is 145 Å². The number of fused-ring (bicyclic) bond motifs is 3. The summed E-state index contributed by atoms with van der Waals surface area (Å²) in [6, 6.07) is -1.29. The van der Waals surface area contributed by atoms with Gasteiger partial charge in [0, 0.05) is 64.0 Å². The maximum absolute atomic E-state index is 14.5. The van der Waals surface area contributed by atoms with Gasteiger partial charge in [-0.1, -0.05) is 78.0 Å². The summed E-state index contributed by atoms with van der Waals surface area (Å²) >= 11 is 0. The summed E-state index contributed by atoms with van der Waals surface area (Å²) < 4.78 is 71.6. The van der Waals surface area contributed by atoms with Gasteiger partial charge in [-0.2, -0.15) is 0 Å². The smallest absolute Gasteiger partial charge is 0.329 e. The number of amides is 1. The highest BCUT2D eigenvalue weighted by molar-refractivity contribution is 6.39. The van der Waals surface area contributed by atoms with Gasteiger partial charge in [0.15, 0.2) is 5.78 Å². The van der Waals surface area contributed by atoms with Crippen LogP contribution in [0.4, 0.5) is 0 Å². The van der Waals surface area contributed by atoms with E-state index < -0.39 is 108 Å². The molecule has 0 aromatic carbocycles. The van der Waals surface area contributed by atoms with Gasteiger partial charge in [-0.05, 0) is 106 Å². The molecular weight excluding hydrogens is 887 g/mol. The van der Waals surface area contributed by atoms with Gasteiger partial charge < -0.3 is 48.6 Å². The molecule has 15 nitrogen and oxygen atoms in total. The zero-order chi connectivity index (χ0) is 54.8. The molecule has 1 unspecified atom stereocenters. The molecule has 4 rings (SSSR count). The van der Waals surface area contributed by atoms with Gasteiger partial charge in [-0.3, -0.25) is 19.2 Å². The number of methoxy groups -OCH3 is 3. The van der Waals surface area contributed by atoms with Gasteiger partial charge in [0.25, 0.3) is 11.7 Å². The van der Waals surface area contributed by atoms with Crippen LogP contribution in [0.3, 0.4) is 0 Å². The fourth-order valence-electron chi connectivity index (χ4n) is 10.1. The Labute approximate surface area is 417 Å². The molecule has 4 aliphatic rings. The number of ketones is 3. The van der Waals surface area contributed by atoms with Crippen LogP contribution >= 0.6 is 0 Å². The van der Waals surface area contributed by atoms with E-state index >= 15 is 0 Å². The number of Topliss-reactive ketones (excluding diaryl/α,β-unsaturated/α-hetero) is 3. The molecule has 2 saturated heterocycles. The van der Waals surface area contributed by atoms with E-state index in [9.17, 15) is 40.7 Å². The number of aliphatic hydroxyl groups excluding tert-OH is 2. The van der Waals surface area contributed by atoms with E-state index in [0.717, 1.165) is 11.3 Å². The van der Waals surface area contributed by atoms with E-state index in [1.807, 2.05) is 6.92 Å². The number of hydrogen-bond acceptors (Lipinski definition) is 14. The molecule has 3 fully saturated rings. The summed E-state index contributed by atoms with van der Waals surface area (Å²) in [6.07, 6.45) is 4.11. The molecule has 1 amide bonds. The van der Waals surface area contributed by atoms with Crippen molar-refractivity contribution in [2.75, 3.05) is 41.1 Å². The van der Waals surface area contributed by atoms with E-state index in [4.69, 9.17) is 32.5 Å². The minimum atomic E-state index is -2.92. The van der Waals surface area contributed by atoms with Gasteiger partial charge in [0.2, 0.25) is 5.79 Å². The summed E-state index contributed by atoms with van der Waals surface area (Å²) in [5, 5.41) is 33.1. The third kappa shape index (κ3) is 15.3. The van der Waals surface area contributed by atoms with Crippen LogP contribution in [0.1, 0.15) is 131 Å². The molecule has 1 aliphatic carbocycles. The molecule has 3 N–H and O–H groups in total. The maximum atomic E-state index is 14.5. The number of hydrogen-bond donors (Lipinski definition) is 3. The Balaban J connectivity index is 1.78. The minimum absolute atomic E-state index is 0.0146. The predicted molar refractivity (Wildman–Crippen MR) is 261 cm³/mol. The number of esters is 1. The summed E-state index contributed by atoms with van der Waals surface area (Å²) in [7, 11) is 4.30. The molecule has 3 heterocycles. The Hall–Kier alpha value is -3.41. The van der Waals surface area contributed by atoms with Crippen molar-refractivity contribution in [1.29, 1.82) is 0 Å². The average molecular weight is 976 g/mol. The normalized spacial score (nSPS) is 43.6. The largest absolute Gasteiger partial charge is 0.460 e. The topological polar surface area (TPSA) is 205 Å². The first-order chi connectivity index (χ1) is 34.1. The first kappa shape index (κ1) is 51.9. The Morgan fingerprint density at radius 1 is 0.913 bits per heavy atom. The summed E-state index contributed by atoms with van der Waals surface area (Å²) in [6.45, 7) is 12.6. The van der Waals surface area contributed by atoms with Crippen molar-refractivity contribution in [3.63, 3.8) is 0 Å². The number of aliphatic hydroxyl groups is 3. The first-order valence-corrected chi connectivity index (χ1v) is 24.8. The van der Waals surface area contributed by atoms with E-state index in [1.54, 1.807) is 52.2 Å². The number of allylic oxidation sites excluding steroid dienone is 6. The van der Waals surface area contributed by atoms with Gasteiger partial charge in [0.1, 0.15) is 30.1 Å². The third-order valence-corrected chi connectivity index (χ3v) is 14.9. The Bertz CT molecular complexity index is 2040. The van der Waals surface area contributed by atoms with Crippen LogP contribution < -0.4 is 0 Å².